The molecule has 1 saturated heterocycles. The number of hydrogen-bond acceptors (Lipinski definition) is 4. The molecule has 0 radical (unpaired) electrons. The Balaban J connectivity index is 2.01. The van der Waals surface area contributed by atoms with Gasteiger partial charge in [-0.25, -0.2) is 9.97 Å². The average Bonchev–Trinajstić information content (AvgIpc) is 2.31. The van der Waals surface area contributed by atoms with Gasteiger partial charge in [-0.05, 0) is 12.0 Å². The molecule has 1 aromatic heterocycles. The van der Waals surface area contributed by atoms with Crippen molar-refractivity contribution in [3.8, 4) is 0 Å². The zero-order valence-electron chi connectivity index (χ0n) is 10.1. The molecule has 0 spiro atoms. The van der Waals surface area contributed by atoms with Gasteiger partial charge in [-0.3, -0.25) is 4.90 Å². The fraction of sp³-hybridized carbons (Fsp3) is 0.667. The third-order valence-corrected chi connectivity index (χ3v) is 3.18. The summed E-state index contributed by atoms with van der Waals surface area (Å²) in [6, 6.07) is 2.61. The second-order valence-electron chi connectivity index (χ2n) is 4.69. The van der Waals surface area contributed by atoms with Crippen molar-refractivity contribution in [2.24, 2.45) is 5.92 Å². The first-order valence-corrected chi connectivity index (χ1v) is 5.97. The Labute approximate surface area is 97.1 Å². The van der Waals surface area contributed by atoms with Crippen LogP contribution in [0.1, 0.15) is 19.5 Å². The Bertz CT molecular complexity index is 312. The Kier molecular flexibility index (Phi) is 3.85. The highest BCUT2D eigenvalue weighted by Gasteiger charge is 2.24. The molecule has 4 nitrogen and oxygen atoms in total. The molecule has 4 heteroatoms. The van der Waals surface area contributed by atoms with E-state index in [-0.39, 0.29) is 0 Å². The van der Waals surface area contributed by atoms with Crippen molar-refractivity contribution < 1.29 is 0 Å². The van der Waals surface area contributed by atoms with E-state index < -0.39 is 0 Å². The average molecular weight is 220 g/mol. The number of aromatic nitrogens is 2. The summed E-state index contributed by atoms with van der Waals surface area (Å²) in [7, 11) is 0. The molecule has 1 aromatic rings. The summed E-state index contributed by atoms with van der Waals surface area (Å²) in [5.41, 5.74) is 1.11. The molecule has 16 heavy (non-hydrogen) atoms. The lowest BCUT2D eigenvalue weighted by molar-refractivity contribution is 0.115. The van der Waals surface area contributed by atoms with E-state index in [0.717, 1.165) is 31.9 Å². The van der Waals surface area contributed by atoms with Crippen LogP contribution in [0.4, 0.5) is 0 Å². The molecule has 0 amide bonds. The molecule has 1 atom stereocenters. The number of hydrogen-bond donors (Lipinski definition) is 1. The first kappa shape index (κ1) is 11.5. The summed E-state index contributed by atoms with van der Waals surface area (Å²) in [5.74, 6) is 0.676. The van der Waals surface area contributed by atoms with E-state index in [0.29, 0.717) is 12.0 Å². The molecule has 1 aliphatic heterocycles. The van der Waals surface area contributed by atoms with Crippen molar-refractivity contribution in [3.05, 3.63) is 24.3 Å². The van der Waals surface area contributed by atoms with Crippen LogP contribution in [0, 0.1) is 5.92 Å². The summed E-state index contributed by atoms with van der Waals surface area (Å²) in [6.45, 7) is 8.77. The highest BCUT2D eigenvalue weighted by Crippen LogP contribution is 2.15. The van der Waals surface area contributed by atoms with E-state index in [1.54, 1.807) is 6.33 Å². The van der Waals surface area contributed by atoms with E-state index in [9.17, 15) is 0 Å². The SMILES string of the molecule is CC(C)C1CNCCN1Cc1ccncn1. The van der Waals surface area contributed by atoms with Crippen molar-refractivity contribution in [3.63, 3.8) is 0 Å². The molecule has 1 aliphatic rings. The summed E-state index contributed by atoms with van der Waals surface area (Å²) in [5, 5.41) is 3.46. The molecule has 2 rings (SSSR count). The molecular formula is C12H20N4. The van der Waals surface area contributed by atoms with E-state index in [2.05, 4.69) is 34.0 Å². The van der Waals surface area contributed by atoms with Crippen LogP contribution in [0.2, 0.25) is 0 Å². The van der Waals surface area contributed by atoms with Gasteiger partial charge < -0.3 is 5.32 Å². The zero-order chi connectivity index (χ0) is 11.4. The summed E-state index contributed by atoms with van der Waals surface area (Å²) >= 11 is 0. The second kappa shape index (κ2) is 5.37. The van der Waals surface area contributed by atoms with Crippen molar-refractivity contribution in [2.75, 3.05) is 19.6 Å². The molecule has 0 aromatic carbocycles. The van der Waals surface area contributed by atoms with E-state index in [4.69, 9.17) is 0 Å². The largest absolute Gasteiger partial charge is 0.314 e. The highest BCUT2D eigenvalue weighted by atomic mass is 15.2. The normalized spacial score (nSPS) is 22.6. The minimum absolute atomic E-state index is 0.615. The number of rotatable bonds is 3. The Morgan fingerprint density at radius 1 is 1.56 bits per heavy atom. The predicted octanol–water partition coefficient (Wildman–Crippen LogP) is 0.906. The maximum Gasteiger partial charge on any atom is 0.115 e. The van der Waals surface area contributed by atoms with Gasteiger partial charge in [0.2, 0.25) is 0 Å². The maximum atomic E-state index is 4.29. The lowest BCUT2D eigenvalue weighted by Crippen LogP contribution is -2.53. The third-order valence-electron chi connectivity index (χ3n) is 3.18. The molecule has 0 aliphatic carbocycles. The fourth-order valence-electron chi connectivity index (χ4n) is 2.24. The molecule has 0 saturated carbocycles. The van der Waals surface area contributed by atoms with E-state index in [1.807, 2.05) is 12.3 Å². The first-order chi connectivity index (χ1) is 7.77. The second-order valence-corrected chi connectivity index (χ2v) is 4.69. The van der Waals surface area contributed by atoms with Gasteiger partial charge >= 0.3 is 0 Å². The summed E-state index contributed by atoms with van der Waals surface area (Å²) in [6.07, 6.45) is 3.44. The molecule has 1 unspecified atom stereocenters. The van der Waals surface area contributed by atoms with Crippen LogP contribution in [0.25, 0.3) is 0 Å². The lowest BCUT2D eigenvalue weighted by atomic mass is 10.0. The Morgan fingerprint density at radius 2 is 2.44 bits per heavy atom. The Morgan fingerprint density at radius 3 is 3.12 bits per heavy atom. The molecular weight excluding hydrogens is 200 g/mol. The van der Waals surface area contributed by atoms with E-state index >= 15 is 0 Å². The zero-order valence-corrected chi connectivity index (χ0v) is 10.1. The van der Waals surface area contributed by atoms with Gasteiger partial charge in [0.1, 0.15) is 6.33 Å². The summed E-state index contributed by atoms with van der Waals surface area (Å²) < 4.78 is 0. The van der Waals surface area contributed by atoms with Gasteiger partial charge in [-0.1, -0.05) is 13.8 Å². The van der Waals surface area contributed by atoms with Gasteiger partial charge in [-0.15, -0.1) is 0 Å². The van der Waals surface area contributed by atoms with Crippen molar-refractivity contribution in [1.82, 2.24) is 20.2 Å². The smallest absolute Gasteiger partial charge is 0.115 e. The van der Waals surface area contributed by atoms with Crippen LogP contribution >= 0.6 is 0 Å². The van der Waals surface area contributed by atoms with Gasteiger partial charge in [0, 0.05) is 38.4 Å². The topological polar surface area (TPSA) is 41.0 Å². The maximum absolute atomic E-state index is 4.29. The predicted molar refractivity (Wildman–Crippen MR) is 63.9 cm³/mol. The molecule has 2 heterocycles. The minimum atomic E-state index is 0.615. The number of piperazine rings is 1. The lowest BCUT2D eigenvalue weighted by Gasteiger charge is -2.38. The molecule has 88 valence electrons. The van der Waals surface area contributed by atoms with E-state index in [1.165, 1.54) is 0 Å². The molecule has 1 fully saturated rings. The quantitative estimate of drug-likeness (QED) is 0.822. The van der Waals surface area contributed by atoms with Crippen molar-refractivity contribution in [1.29, 1.82) is 0 Å². The molecule has 0 bridgehead atoms. The monoisotopic (exact) mass is 220 g/mol. The Hall–Kier alpha value is -1.00. The number of nitrogens with one attached hydrogen (secondary N) is 1. The fourth-order valence-corrected chi connectivity index (χ4v) is 2.24. The van der Waals surface area contributed by atoms with Crippen molar-refractivity contribution >= 4 is 0 Å². The van der Waals surface area contributed by atoms with Gasteiger partial charge in [0.25, 0.3) is 0 Å². The van der Waals surface area contributed by atoms with Gasteiger partial charge in [0.05, 0.1) is 5.69 Å². The van der Waals surface area contributed by atoms with Crippen LogP contribution in [0.3, 0.4) is 0 Å². The van der Waals surface area contributed by atoms with Crippen LogP contribution in [0.5, 0.6) is 0 Å². The standard InChI is InChI=1S/C12H20N4/c1-10(2)12-7-13-5-6-16(12)8-11-3-4-14-9-15-11/h3-4,9-10,12-13H,5-8H2,1-2H3. The van der Waals surface area contributed by atoms with Crippen LogP contribution in [0.15, 0.2) is 18.6 Å². The molecule has 1 N–H and O–H groups in total. The minimum Gasteiger partial charge on any atom is -0.314 e. The van der Waals surface area contributed by atoms with Gasteiger partial charge in [-0.2, -0.15) is 0 Å². The van der Waals surface area contributed by atoms with Crippen LogP contribution in [-0.2, 0) is 6.54 Å². The van der Waals surface area contributed by atoms with Gasteiger partial charge in [0.15, 0.2) is 0 Å². The van der Waals surface area contributed by atoms with Crippen LogP contribution in [-0.4, -0.2) is 40.5 Å². The first-order valence-electron chi connectivity index (χ1n) is 5.97. The van der Waals surface area contributed by atoms with Crippen LogP contribution < -0.4 is 5.32 Å². The third kappa shape index (κ3) is 2.77. The van der Waals surface area contributed by atoms with Crippen molar-refractivity contribution in [2.45, 2.75) is 26.4 Å². The summed E-state index contributed by atoms with van der Waals surface area (Å²) in [4.78, 5) is 10.8. The highest BCUT2D eigenvalue weighted by molar-refractivity contribution is 4.99. The number of nitrogens with zero attached hydrogens (tertiary/aromatic N) is 3.